The summed E-state index contributed by atoms with van der Waals surface area (Å²) >= 11 is 0. The van der Waals surface area contributed by atoms with Crippen molar-refractivity contribution in [1.82, 2.24) is 4.90 Å². The highest BCUT2D eigenvalue weighted by atomic mass is 19.1. The predicted molar refractivity (Wildman–Crippen MR) is 76.0 cm³/mol. The Morgan fingerprint density at radius 3 is 3.10 bits per heavy atom. The fraction of sp³-hybridized carbons (Fsp3) is 0.533. The summed E-state index contributed by atoms with van der Waals surface area (Å²) in [4.78, 5) is 6.38. The van der Waals surface area contributed by atoms with Crippen LogP contribution in [0.25, 0.3) is 0 Å². The number of guanidine groups is 1. The molecule has 1 saturated heterocycles. The molecule has 0 aliphatic carbocycles. The Bertz CT molecular complexity index is 526. The molecule has 0 bridgehead atoms. The molecule has 2 N–H and O–H groups in total. The van der Waals surface area contributed by atoms with Gasteiger partial charge >= 0.3 is 0 Å². The van der Waals surface area contributed by atoms with Crippen LogP contribution in [-0.2, 0) is 4.74 Å². The summed E-state index contributed by atoms with van der Waals surface area (Å²) < 4.78 is 19.2. The third-order valence-corrected chi connectivity index (χ3v) is 4.12. The van der Waals surface area contributed by atoms with Gasteiger partial charge in [0.05, 0.1) is 18.7 Å². The van der Waals surface area contributed by atoms with Crippen molar-refractivity contribution in [2.45, 2.75) is 31.9 Å². The third kappa shape index (κ3) is 2.50. The van der Waals surface area contributed by atoms with Crippen molar-refractivity contribution < 1.29 is 9.13 Å². The molecule has 1 fully saturated rings. The number of aliphatic imine (C=N–C) groups is 1. The number of halogens is 1. The Labute approximate surface area is 118 Å². The van der Waals surface area contributed by atoms with Crippen molar-refractivity contribution in [3.8, 4) is 0 Å². The Morgan fingerprint density at radius 2 is 2.35 bits per heavy atom. The van der Waals surface area contributed by atoms with Crippen molar-refractivity contribution >= 4 is 5.96 Å². The molecule has 2 aliphatic heterocycles. The Hall–Kier alpha value is -1.62. The van der Waals surface area contributed by atoms with Gasteiger partial charge < -0.3 is 15.4 Å². The number of ether oxygens (including phenoxy) is 1. The molecule has 0 aromatic heterocycles. The van der Waals surface area contributed by atoms with Gasteiger partial charge in [-0.05, 0) is 43.0 Å². The van der Waals surface area contributed by atoms with Gasteiger partial charge in [-0.15, -0.1) is 0 Å². The molecule has 5 heteroatoms. The maximum absolute atomic E-state index is 13.5. The maximum Gasteiger partial charge on any atom is 0.192 e. The zero-order valence-corrected chi connectivity index (χ0v) is 11.7. The topological polar surface area (TPSA) is 50.8 Å². The largest absolute Gasteiger partial charge is 0.376 e. The van der Waals surface area contributed by atoms with Crippen molar-refractivity contribution in [2.75, 3.05) is 19.7 Å². The molecule has 0 radical (unpaired) electrons. The molecule has 20 heavy (non-hydrogen) atoms. The minimum Gasteiger partial charge on any atom is -0.376 e. The van der Waals surface area contributed by atoms with Crippen LogP contribution < -0.4 is 5.73 Å². The molecular formula is C15H20FN3O. The zero-order chi connectivity index (χ0) is 14.1. The summed E-state index contributed by atoms with van der Waals surface area (Å²) in [6.07, 6.45) is 2.36. The Morgan fingerprint density at radius 1 is 1.50 bits per heavy atom. The lowest BCUT2D eigenvalue weighted by Gasteiger charge is -2.29. The van der Waals surface area contributed by atoms with Gasteiger partial charge in [-0.25, -0.2) is 4.39 Å². The summed E-state index contributed by atoms with van der Waals surface area (Å²) in [5, 5.41) is 0. The number of benzene rings is 1. The minimum absolute atomic E-state index is 0.0231. The summed E-state index contributed by atoms with van der Waals surface area (Å²) in [5.41, 5.74) is 8.03. The summed E-state index contributed by atoms with van der Waals surface area (Å²) in [6.45, 7) is 4.13. The maximum atomic E-state index is 13.5. The van der Waals surface area contributed by atoms with E-state index in [4.69, 9.17) is 10.5 Å². The first-order valence-corrected chi connectivity index (χ1v) is 7.09. The standard InChI is InChI=1S/C15H20FN3O/c1-10-4-5-11(16)7-13(10)14-8-18-15(17)19(14)9-12-3-2-6-20-12/h4-5,7,12,14H,2-3,6,8-9H2,1H3,(H2,17,18). The van der Waals surface area contributed by atoms with Crippen molar-refractivity contribution in [3.63, 3.8) is 0 Å². The van der Waals surface area contributed by atoms with E-state index < -0.39 is 0 Å². The van der Waals surface area contributed by atoms with Crippen LogP contribution in [0.3, 0.4) is 0 Å². The van der Waals surface area contributed by atoms with E-state index in [9.17, 15) is 4.39 Å². The molecule has 2 heterocycles. The quantitative estimate of drug-likeness (QED) is 0.919. The van der Waals surface area contributed by atoms with E-state index >= 15 is 0 Å². The molecule has 0 spiro atoms. The summed E-state index contributed by atoms with van der Waals surface area (Å²) in [7, 11) is 0. The molecule has 3 rings (SSSR count). The van der Waals surface area contributed by atoms with E-state index in [2.05, 4.69) is 9.89 Å². The van der Waals surface area contributed by atoms with Gasteiger partial charge in [-0.3, -0.25) is 4.99 Å². The fourth-order valence-corrected chi connectivity index (χ4v) is 2.99. The molecule has 2 atom stereocenters. The van der Waals surface area contributed by atoms with E-state index in [1.54, 1.807) is 6.07 Å². The fourth-order valence-electron chi connectivity index (χ4n) is 2.99. The first-order chi connectivity index (χ1) is 9.65. The van der Waals surface area contributed by atoms with E-state index in [0.29, 0.717) is 12.5 Å². The van der Waals surface area contributed by atoms with E-state index in [1.807, 2.05) is 13.0 Å². The van der Waals surface area contributed by atoms with Gasteiger partial charge in [0.15, 0.2) is 5.96 Å². The van der Waals surface area contributed by atoms with Crippen LogP contribution in [0, 0.1) is 12.7 Å². The van der Waals surface area contributed by atoms with Crippen molar-refractivity contribution in [2.24, 2.45) is 10.7 Å². The highest BCUT2D eigenvalue weighted by Crippen LogP contribution is 2.30. The van der Waals surface area contributed by atoms with Crippen LogP contribution in [0.4, 0.5) is 4.39 Å². The average Bonchev–Trinajstić information content (AvgIpc) is 3.05. The molecule has 1 aromatic carbocycles. The van der Waals surface area contributed by atoms with Gasteiger partial charge in [0.25, 0.3) is 0 Å². The van der Waals surface area contributed by atoms with Crippen LogP contribution in [-0.4, -0.2) is 36.7 Å². The van der Waals surface area contributed by atoms with Gasteiger partial charge in [0.1, 0.15) is 5.82 Å². The Balaban J connectivity index is 1.82. The average molecular weight is 277 g/mol. The summed E-state index contributed by atoms with van der Waals surface area (Å²) in [6, 6.07) is 4.91. The van der Waals surface area contributed by atoms with E-state index in [-0.39, 0.29) is 18.0 Å². The minimum atomic E-state index is -0.215. The van der Waals surface area contributed by atoms with Crippen molar-refractivity contribution in [3.05, 3.63) is 35.1 Å². The number of hydrogen-bond donors (Lipinski definition) is 1. The lowest BCUT2D eigenvalue weighted by atomic mass is 10.00. The van der Waals surface area contributed by atoms with Crippen LogP contribution in [0.1, 0.15) is 30.0 Å². The molecule has 2 aliphatic rings. The monoisotopic (exact) mass is 277 g/mol. The van der Waals surface area contributed by atoms with Gasteiger partial charge in [0, 0.05) is 13.2 Å². The molecule has 0 amide bonds. The lowest BCUT2D eigenvalue weighted by molar-refractivity contribution is 0.0852. The second-order valence-corrected chi connectivity index (χ2v) is 5.50. The van der Waals surface area contributed by atoms with Crippen LogP contribution in [0.15, 0.2) is 23.2 Å². The molecular weight excluding hydrogens is 257 g/mol. The molecule has 4 nitrogen and oxygen atoms in total. The highest BCUT2D eigenvalue weighted by Gasteiger charge is 2.31. The number of rotatable bonds is 3. The first kappa shape index (κ1) is 13.4. The Kier molecular flexibility index (Phi) is 3.61. The van der Waals surface area contributed by atoms with E-state index in [0.717, 1.165) is 37.1 Å². The normalized spacial score (nSPS) is 26.1. The number of hydrogen-bond acceptors (Lipinski definition) is 4. The number of nitrogens with two attached hydrogens (primary N) is 1. The number of nitrogens with zero attached hydrogens (tertiary/aromatic N) is 2. The van der Waals surface area contributed by atoms with Crippen LogP contribution in [0.5, 0.6) is 0 Å². The number of aryl methyl sites for hydroxylation is 1. The van der Waals surface area contributed by atoms with Crippen LogP contribution >= 0.6 is 0 Å². The lowest BCUT2D eigenvalue weighted by Crippen LogP contribution is -2.41. The third-order valence-electron chi connectivity index (χ3n) is 4.12. The van der Waals surface area contributed by atoms with Gasteiger partial charge in [-0.2, -0.15) is 0 Å². The second-order valence-electron chi connectivity index (χ2n) is 5.50. The SMILES string of the molecule is Cc1ccc(F)cc1C1CN=C(N)N1CC1CCCO1. The molecule has 1 aromatic rings. The molecule has 2 unspecified atom stereocenters. The van der Waals surface area contributed by atoms with Crippen molar-refractivity contribution in [1.29, 1.82) is 0 Å². The predicted octanol–water partition coefficient (Wildman–Crippen LogP) is 1.98. The smallest absolute Gasteiger partial charge is 0.192 e. The highest BCUT2D eigenvalue weighted by molar-refractivity contribution is 5.80. The molecule has 108 valence electrons. The first-order valence-electron chi connectivity index (χ1n) is 7.09. The zero-order valence-electron chi connectivity index (χ0n) is 11.7. The van der Waals surface area contributed by atoms with E-state index in [1.165, 1.54) is 6.07 Å². The summed E-state index contributed by atoms with van der Waals surface area (Å²) in [5.74, 6) is 0.322. The van der Waals surface area contributed by atoms with Gasteiger partial charge in [0.2, 0.25) is 0 Å². The van der Waals surface area contributed by atoms with Gasteiger partial charge in [-0.1, -0.05) is 6.07 Å². The van der Waals surface area contributed by atoms with Crippen LogP contribution in [0.2, 0.25) is 0 Å². The second kappa shape index (κ2) is 5.40. The molecule has 0 saturated carbocycles.